The van der Waals surface area contributed by atoms with Gasteiger partial charge in [0, 0.05) is 12.5 Å². The van der Waals surface area contributed by atoms with E-state index < -0.39 is 0 Å². The van der Waals surface area contributed by atoms with Crippen LogP contribution in [0.4, 0.5) is 0 Å². The fourth-order valence-corrected chi connectivity index (χ4v) is 2.50. The number of aromatic nitrogens is 3. The van der Waals surface area contributed by atoms with Gasteiger partial charge in [0.25, 0.3) is 0 Å². The summed E-state index contributed by atoms with van der Waals surface area (Å²) in [6.07, 6.45) is 3.51. The Morgan fingerprint density at radius 3 is 2.60 bits per heavy atom. The molecule has 108 valence electrons. The van der Waals surface area contributed by atoms with Crippen molar-refractivity contribution in [3.63, 3.8) is 0 Å². The molecule has 0 aliphatic heterocycles. The first-order valence-electron chi connectivity index (χ1n) is 7.24. The number of aryl methyl sites for hydroxylation is 1. The van der Waals surface area contributed by atoms with Gasteiger partial charge in [-0.2, -0.15) is 5.10 Å². The molecule has 20 heavy (non-hydrogen) atoms. The lowest BCUT2D eigenvalue weighted by Gasteiger charge is -2.17. The first-order valence-corrected chi connectivity index (χ1v) is 7.24. The van der Waals surface area contributed by atoms with E-state index in [1.807, 2.05) is 4.68 Å². The Hall–Kier alpha value is -1.68. The molecule has 1 atom stereocenters. The Morgan fingerprint density at radius 1 is 1.20 bits per heavy atom. The summed E-state index contributed by atoms with van der Waals surface area (Å²) in [5.41, 5.74) is 8.66. The molecular formula is C16H24N4. The maximum Gasteiger partial charge on any atom is 0.138 e. The van der Waals surface area contributed by atoms with Gasteiger partial charge in [-0.15, -0.1) is 0 Å². The van der Waals surface area contributed by atoms with Crippen LogP contribution in [0.15, 0.2) is 30.6 Å². The molecular weight excluding hydrogens is 248 g/mol. The molecule has 2 aromatic rings. The van der Waals surface area contributed by atoms with E-state index in [1.165, 1.54) is 11.1 Å². The Kier molecular flexibility index (Phi) is 4.90. The molecule has 1 unspecified atom stereocenters. The Balaban J connectivity index is 2.10. The predicted molar refractivity (Wildman–Crippen MR) is 81.5 cm³/mol. The summed E-state index contributed by atoms with van der Waals surface area (Å²) < 4.78 is 1.99. The minimum atomic E-state index is 0.337. The maximum absolute atomic E-state index is 5.96. The van der Waals surface area contributed by atoms with E-state index in [4.69, 9.17) is 5.73 Å². The SMILES string of the molecule is Cc1ccccc1CC(CN)Cc1ncnn1C(C)C. The molecule has 0 saturated heterocycles. The van der Waals surface area contributed by atoms with Crippen molar-refractivity contribution in [1.29, 1.82) is 0 Å². The number of nitrogens with zero attached hydrogens (tertiary/aromatic N) is 3. The van der Waals surface area contributed by atoms with Crippen LogP contribution >= 0.6 is 0 Å². The third-order valence-electron chi connectivity index (χ3n) is 3.71. The van der Waals surface area contributed by atoms with Crippen LogP contribution in [0, 0.1) is 12.8 Å². The van der Waals surface area contributed by atoms with E-state index in [0.29, 0.717) is 18.5 Å². The molecule has 0 bridgehead atoms. The predicted octanol–water partition coefficient (Wildman–Crippen LogP) is 2.53. The molecule has 1 aromatic carbocycles. The quantitative estimate of drug-likeness (QED) is 0.879. The highest BCUT2D eigenvalue weighted by atomic mass is 15.3. The van der Waals surface area contributed by atoms with Gasteiger partial charge in [0.1, 0.15) is 12.2 Å². The minimum Gasteiger partial charge on any atom is -0.330 e. The van der Waals surface area contributed by atoms with E-state index in [-0.39, 0.29) is 0 Å². The van der Waals surface area contributed by atoms with E-state index in [9.17, 15) is 0 Å². The van der Waals surface area contributed by atoms with Crippen LogP contribution in [0.3, 0.4) is 0 Å². The monoisotopic (exact) mass is 272 g/mol. The van der Waals surface area contributed by atoms with Crippen molar-refractivity contribution < 1.29 is 0 Å². The van der Waals surface area contributed by atoms with Gasteiger partial charge in [-0.05, 0) is 50.8 Å². The lowest BCUT2D eigenvalue weighted by molar-refractivity contribution is 0.456. The van der Waals surface area contributed by atoms with Crippen molar-refractivity contribution in [2.24, 2.45) is 11.7 Å². The number of rotatable bonds is 6. The second-order valence-electron chi connectivity index (χ2n) is 5.65. The van der Waals surface area contributed by atoms with Gasteiger partial charge in [0.05, 0.1) is 0 Å². The first kappa shape index (κ1) is 14.7. The van der Waals surface area contributed by atoms with Crippen LogP contribution in [0.25, 0.3) is 0 Å². The largest absolute Gasteiger partial charge is 0.330 e. The van der Waals surface area contributed by atoms with Crippen LogP contribution in [0.1, 0.15) is 36.8 Å². The summed E-state index contributed by atoms with van der Waals surface area (Å²) in [6, 6.07) is 8.84. The smallest absolute Gasteiger partial charge is 0.138 e. The maximum atomic E-state index is 5.96. The highest BCUT2D eigenvalue weighted by molar-refractivity contribution is 5.26. The Morgan fingerprint density at radius 2 is 1.95 bits per heavy atom. The Labute approximate surface area is 121 Å². The van der Waals surface area contributed by atoms with Crippen molar-refractivity contribution in [3.05, 3.63) is 47.5 Å². The summed E-state index contributed by atoms with van der Waals surface area (Å²) >= 11 is 0. The molecule has 0 amide bonds. The molecule has 1 heterocycles. The third kappa shape index (κ3) is 3.45. The minimum absolute atomic E-state index is 0.337. The lowest BCUT2D eigenvalue weighted by Crippen LogP contribution is -2.22. The molecule has 4 heteroatoms. The van der Waals surface area contributed by atoms with E-state index in [2.05, 4.69) is 55.1 Å². The normalized spacial score (nSPS) is 12.8. The Bertz CT molecular complexity index is 545. The molecule has 0 spiro atoms. The zero-order chi connectivity index (χ0) is 14.5. The van der Waals surface area contributed by atoms with E-state index in [0.717, 1.165) is 18.7 Å². The van der Waals surface area contributed by atoms with Crippen molar-refractivity contribution >= 4 is 0 Å². The number of benzene rings is 1. The van der Waals surface area contributed by atoms with Crippen LogP contribution in [-0.4, -0.2) is 21.3 Å². The van der Waals surface area contributed by atoms with Crippen LogP contribution in [-0.2, 0) is 12.8 Å². The summed E-state index contributed by atoms with van der Waals surface area (Å²) in [5, 5.41) is 4.29. The zero-order valence-corrected chi connectivity index (χ0v) is 12.6. The lowest BCUT2D eigenvalue weighted by atomic mass is 9.93. The van der Waals surface area contributed by atoms with Crippen molar-refractivity contribution in [3.8, 4) is 0 Å². The van der Waals surface area contributed by atoms with Gasteiger partial charge in [-0.3, -0.25) is 0 Å². The fourth-order valence-electron chi connectivity index (χ4n) is 2.50. The van der Waals surface area contributed by atoms with Crippen molar-refractivity contribution in [1.82, 2.24) is 14.8 Å². The van der Waals surface area contributed by atoms with Crippen LogP contribution in [0.5, 0.6) is 0 Å². The van der Waals surface area contributed by atoms with Gasteiger partial charge in [-0.25, -0.2) is 9.67 Å². The zero-order valence-electron chi connectivity index (χ0n) is 12.6. The second-order valence-corrected chi connectivity index (χ2v) is 5.65. The fraction of sp³-hybridized carbons (Fsp3) is 0.500. The summed E-state index contributed by atoms with van der Waals surface area (Å²) in [4.78, 5) is 4.39. The van der Waals surface area contributed by atoms with Crippen LogP contribution in [0.2, 0.25) is 0 Å². The highest BCUT2D eigenvalue weighted by Gasteiger charge is 2.15. The average molecular weight is 272 g/mol. The molecule has 0 fully saturated rings. The highest BCUT2D eigenvalue weighted by Crippen LogP contribution is 2.17. The van der Waals surface area contributed by atoms with Gasteiger partial charge in [0.2, 0.25) is 0 Å². The third-order valence-corrected chi connectivity index (χ3v) is 3.71. The molecule has 0 aliphatic carbocycles. The molecule has 4 nitrogen and oxygen atoms in total. The number of hydrogen-bond acceptors (Lipinski definition) is 3. The summed E-state index contributed by atoms with van der Waals surface area (Å²) in [7, 11) is 0. The first-order chi connectivity index (χ1) is 9.61. The molecule has 2 rings (SSSR count). The molecule has 2 N–H and O–H groups in total. The standard InChI is InChI=1S/C16H24N4/c1-12(2)20-16(18-11-19-20)9-14(10-17)8-15-7-5-4-6-13(15)3/h4-7,11-12,14H,8-10,17H2,1-3H3. The molecule has 0 aliphatic rings. The number of nitrogens with two attached hydrogens (primary N) is 1. The van der Waals surface area contributed by atoms with Gasteiger partial charge >= 0.3 is 0 Å². The molecule has 1 aromatic heterocycles. The van der Waals surface area contributed by atoms with Gasteiger partial charge in [0.15, 0.2) is 0 Å². The molecule has 0 radical (unpaired) electrons. The van der Waals surface area contributed by atoms with Crippen molar-refractivity contribution in [2.75, 3.05) is 6.54 Å². The van der Waals surface area contributed by atoms with Gasteiger partial charge in [-0.1, -0.05) is 24.3 Å². The summed E-state index contributed by atoms with van der Waals surface area (Å²) in [6.45, 7) is 7.06. The molecule has 0 saturated carbocycles. The topological polar surface area (TPSA) is 56.7 Å². The number of hydrogen-bond donors (Lipinski definition) is 1. The average Bonchev–Trinajstić information content (AvgIpc) is 2.88. The van der Waals surface area contributed by atoms with Gasteiger partial charge < -0.3 is 5.73 Å². The summed E-state index contributed by atoms with van der Waals surface area (Å²) in [5.74, 6) is 1.43. The second kappa shape index (κ2) is 6.66. The van der Waals surface area contributed by atoms with Crippen LogP contribution < -0.4 is 5.73 Å². The van der Waals surface area contributed by atoms with E-state index in [1.54, 1.807) is 6.33 Å². The van der Waals surface area contributed by atoms with E-state index >= 15 is 0 Å². The van der Waals surface area contributed by atoms with Crippen molar-refractivity contribution in [2.45, 2.75) is 39.7 Å².